The van der Waals surface area contributed by atoms with E-state index in [1.54, 1.807) is 23.6 Å². The largest absolute Gasteiger partial charge is 0.341 e. The van der Waals surface area contributed by atoms with E-state index in [2.05, 4.69) is 43.3 Å². The fourth-order valence-corrected chi connectivity index (χ4v) is 3.77. The molecule has 0 saturated carbocycles. The molecule has 3 heterocycles. The lowest BCUT2D eigenvalue weighted by molar-refractivity contribution is 0.0930. The van der Waals surface area contributed by atoms with Crippen LogP contribution in [0.1, 0.15) is 40.6 Å². The van der Waals surface area contributed by atoms with Crippen LogP contribution in [-0.4, -0.2) is 25.7 Å². The van der Waals surface area contributed by atoms with Crippen molar-refractivity contribution >= 4 is 28.1 Å². The first-order valence-electron chi connectivity index (χ1n) is 8.53. The molecule has 1 aromatic carbocycles. The van der Waals surface area contributed by atoms with Gasteiger partial charge in [-0.2, -0.15) is 5.10 Å². The maximum absolute atomic E-state index is 12.5. The maximum Gasteiger partial charge on any atom is 0.272 e. The highest BCUT2D eigenvalue weighted by Gasteiger charge is 2.18. The van der Waals surface area contributed by atoms with Crippen LogP contribution in [-0.2, 0) is 6.54 Å². The number of fused-ring (bicyclic) bond motifs is 1. The number of aromatic nitrogens is 4. The summed E-state index contributed by atoms with van der Waals surface area (Å²) in [6, 6.07) is 12.0. The Hall–Kier alpha value is -2.93. The lowest BCUT2D eigenvalue weighted by Crippen LogP contribution is -2.28. The van der Waals surface area contributed by atoms with Crippen molar-refractivity contribution in [2.45, 2.75) is 25.9 Å². The van der Waals surface area contributed by atoms with E-state index in [-0.39, 0.29) is 11.9 Å². The molecule has 0 radical (unpaired) electrons. The van der Waals surface area contributed by atoms with Crippen molar-refractivity contribution in [1.82, 2.24) is 25.1 Å². The smallest absolute Gasteiger partial charge is 0.272 e. The average Bonchev–Trinajstić information content (AvgIpc) is 3.41. The zero-order valence-electron chi connectivity index (χ0n) is 14.3. The number of nitrogens with one attached hydrogen (secondary N) is 2. The van der Waals surface area contributed by atoms with E-state index in [1.807, 2.05) is 30.6 Å². The lowest BCUT2D eigenvalue weighted by Gasteiger charge is -2.13. The Morgan fingerprint density at radius 3 is 3.04 bits per heavy atom. The molecular weight excluding hydrogens is 346 g/mol. The van der Waals surface area contributed by atoms with Crippen LogP contribution in [0.15, 0.2) is 54.2 Å². The summed E-state index contributed by atoms with van der Waals surface area (Å²) in [5.41, 5.74) is 2.44. The quantitative estimate of drug-likeness (QED) is 0.546. The van der Waals surface area contributed by atoms with Crippen LogP contribution in [0.2, 0.25) is 0 Å². The average molecular weight is 365 g/mol. The molecule has 0 fully saturated rings. The normalized spacial score (nSPS) is 12.3. The number of carbonyl (C=O) groups is 1. The third-order valence-electron chi connectivity index (χ3n) is 4.35. The van der Waals surface area contributed by atoms with Crippen LogP contribution in [0.5, 0.6) is 0 Å². The molecule has 4 rings (SSSR count). The van der Waals surface area contributed by atoms with Gasteiger partial charge in [-0.05, 0) is 30.0 Å². The molecule has 7 heteroatoms. The summed E-state index contributed by atoms with van der Waals surface area (Å²) >= 11 is 1.54. The molecule has 0 aliphatic heterocycles. The minimum Gasteiger partial charge on any atom is -0.341 e. The van der Waals surface area contributed by atoms with E-state index in [0.29, 0.717) is 12.2 Å². The molecule has 2 N–H and O–H groups in total. The number of nitrogens with zero attached hydrogens (tertiary/aromatic N) is 3. The van der Waals surface area contributed by atoms with Gasteiger partial charge in [-0.25, -0.2) is 4.98 Å². The second-order valence-electron chi connectivity index (χ2n) is 6.09. The number of H-pyrrole nitrogens is 1. The van der Waals surface area contributed by atoms with E-state index >= 15 is 0 Å². The highest BCUT2D eigenvalue weighted by Crippen LogP contribution is 2.20. The molecule has 0 bridgehead atoms. The number of aromatic amines is 1. The van der Waals surface area contributed by atoms with Crippen molar-refractivity contribution < 1.29 is 4.79 Å². The van der Waals surface area contributed by atoms with Crippen LogP contribution in [0.4, 0.5) is 0 Å². The SMILES string of the molecule is CC[C@@H](NC(=O)c1cc(Cn2ccc3ccccc32)[nH]n1)c1nccs1. The molecule has 3 aromatic heterocycles. The van der Waals surface area contributed by atoms with Gasteiger partial charge < -0.3 is 9.88 Å². The van der Waals surface area contributed by atoms with Gasteiger partial charge in [-0.15, -0.1) is 11.3 Å². The predicted octanol–water partition coefficient (Wildman–Crippen LogP) is 3.75. The third kappa shape index (κ3) is 3.25. The minimum atomic E-state index is -0.188. The van der Waals surface area contributed by atoms with Gasteiger partial charge >= 0.3 is 0 Å². The Balaban J connectivity index is 1.48. The molecule has 0 aliphatic carbocycles. The van der Waals surface area contributed by atoms with Crippen molar-refractivity contribution in [1.29, 1.82) is 0 Å². The number of benzene rings is 1. The zero-order valence-corrected chi connectivity index (χ0v) is 15.2. The molecule has 4 aromatic rings. The summed E-state index contributed by atoms with van der Waals surface area (Å²) in [6.45, 7) is 2.66. The van der Waals surface area contributed by atoms with Crippen molar-refractivity contribution in [2.75, 3.05) is 0 Å². The molecule has 0 unspecified atom stereocenters. The summed E-state index contributed by atoms with van der Waals surface area (Å²) < 4.78 is 2.13. The second-order valence-corrected chi connectivity index (χ2v) is 7.01. The summed E-state index contributed by atoms with van der Waals surface area (Å²) in [6.07, 6.45) is 4.58. The third-order valence-corrected chi connectivity index (χ3v) is 5.24. The van der Waals surface area contributed by atoms with Crippen LogP contribution >= 0.6 is 11.3 Å². The van der Waals surface area contributed by atoms with E-state index in [0.717, 1.165) is 22.6 Å². The number of hydrogen-bond donors (Lipinski definition) is 2. The molecular formula is C19H19N5OS. The van der Waals surface area contributed by atoms with Crippen molar-refractivity contribution in [3.63, 3.8) is 0 Å². The summed E-state index contributed by atoms with van der Waals surface area (Å²) in [5, 5.41) is 14.2. The topological polar surface area (TPSA) is 75.6 Å². The van der Waals surface area contributed by atoms with Gasteiger partial charge in [0.2, 0.25) is 0 Å². The van der Waals surface area contributed by atoms with Crippen LogP contribution < -0.4 is 5.32 Å². The van der Waals surface area contributed by atoms with Crippen LogP contribution in [0.25, 0.3) is 10.9 Å². The number of rotatable bonds is 6. The van der Waals surface area contributed by atoms with Gasteiger partial charge in [-0.3, -0.25) is 9.89 Å². The highest BCUT2D eigenvalue weighted by atomic mass is 32.1. The van der Waals surface area contributed by atoms with Gasteiger partial charge in [0.25, 0.3) is 5.91 Å². The molecule has 0 spiro atoms. The van der Waals surface area contributed by atoms with Gasteiger partial charge in [0.15, 0.2) is 0 Å². The molecule has 6 nitrogen and oxygen atoms in total. The van der Waals surface area contributed by atoms with E-state index in [4.69, 9.17) is 0 Å². The fraction of sp³-hybridized carbons (Fsp3) is 0.211. The van der Waals surface area contributed by atoms with Gasteiger partial charge in [0.05, 0.1) is 18.3 Å². The first-order chi connectivity index (χ1) is 12.7. The summed E-state index contributed by atoms with van der Waals surface area (Å²) in [5.74, 6) is -0.188. The predicted molar refractivity (Wildman–Crippen MR) is 102 cm³/mol. The van der Waals surface area contributed by atoms with Gasteiger partial charge in [0.1, 0.15) is 10.7 Å². The van der Waals surface area contributed by atoms with E-state index in [1.165, 1.54) is 5.39 Å². The first kappa shape index (κ1) is 16.5. The maximum atomic E-state index is 12.5. The highest BCUT2D eigenvalue weighted by molar-refractivity contribution is 7.09. The Morgan fingerprint density at radius 1 is 1.35 bits per heavy atom. The fourth-order valence-electron chi connectivity index (χ4n) is 3.00. The molecule has 26 heavy (non-hydrogen) atoms. The molecule has 1 amide bonds. The molecule has 0 saturated heterocycles. The van der Waals surface area contributed by atoms with Crippen LogP contribution in [0.3, 0.4) is 0 Å². The minimum absolute atomic E-state index is 0.0870. The molecule has 0 aliphatic rings. The second kappa shape index (κ2) is 7.13. The number of amides is 1. The Bertz CT molecular complexity index is 1020. The lowest BCUT2D eigenvalue weighted by atomic mass is 10.2. The zero-order chi connectivity index (χ0) is 17.9. The monoisotopic (exact) mass is 365 g/mol. The molecule has 1 atom stereocenters. The van der Waals surface area contributed by atoms with Gasteiger partial charge in [0, 0.05) is 23.3 Å². The Kier molecular flexibility index (Phi) is 4.53. The summed E-state index contributed by atoms with van der Waals surface area (Å²) in [4.78, 5) is 16.8. The van der Waals surface area contributed by atoms with Crippen molar-refractivity contribution in [3.8, 4) is 0 Å². The van der Waals surface area contributed by atoms with E-state index in [9.17, 15) is 4.79 Å². The molecule has 132 valence electrons. The standard InChI is InChI=1S/C19H19N5OS/c1-2-15(19-20-8-10-26-19)21-18(25)16-11-14(22-23-16)12-24-9-7-13-5-3-4-6-17(13)24/h3-11,15H,2,12H2,1H3,(H,21,25)(H,22,23)/t15-/m1/s1. The Morgan fingerprint density at radius 2 is 2.23 bits per heavy atom. The summed E-state index contributed by atoms with van der Waals surface area (Å²) in [7, 11) is 0. The first-order valence-corrected chi connectivity index (χ1v) is 9.41. The van der Waals surface area contributed by atoms with Crippen molar-refractivity contribution in [3.05, 3.63) is 70.6 Å². The van der Waals surface area contributed by atoms with Crippen LogP contribution in [0, 0.1) is 0 Å². The van der Waals surface area contributed by atoms with E-state index < -0.39 is 0 Å². The number of carbonyl (C=O) groups excluding carboxylic acids is 1. The number of thiazole rings is 1. The van der Waals surface area contributed by atoms with Gasteiger partial charge in [-0.1, -0.05) is 25.1 Å². The number of para-hydroxylation sites is 1. The van der Waals surface area contributed by atoms with Crippen molar-refractivity contribution in [2.24, 2.45) is 0 Å². The number of hydrogen-bond acceptors (Lipinski definition) is 4. The Labute approximate surface area is 154 Å².